The van der Waals surface area contributed by atoms with Gasteiger partial charge in [0.1, 0.15) is 17.6 Å². The van der Waals surface area contributed by atoms with Crippen molar-refractivity contribution in [2.45, 2.75) is 32.4 Å². The van der Waals surface area contributed by atoms with Crippen LogP contribution in [0.15, 0.2) is 6.33 Å². The van der Waals surface area contributed by atoms with Crippen molar-refractivity contribution in [3.8, 4) is 0 Å². The lowest BCUT2D eigenvalue weighted by Crippen LogP contribution is -2.17. The van der Waals surface area contributed by atoms with E-state index in [1.165, 1.54) is 6.42 Å². The Morgan fingerprint density at radius 2 is 2.29 bits per heavy atom. The molecule has 6 heteroatoms. The van der Waals surface area contributed by atoms with E-state index >= 15 is 0 Å². The Kier molecular flexibility index (Phi) is 2.72. The molecule has 0 bridgehead atoms. The van der Waals surface area contributed by atoms with Crippen LogP contribution in [0.2, 0.25) is 5.15 Å². The van der Waals surface area contributed by atoms with Crippen LogP contribution in [-0.4, -0.2) is 26.1 Å². The summed E-state index contributed by atoms with van der Waals surface area (Å²) in [5.41, 5.74) is 1.40. The third-order valence-corrected chi connectivity index (χ3v) is 3.22. The number of rotatable bonds is 1. The quantitative estimate of drug-likeness (QED) is 0.732. The van der Waals surface area contributed by atoms with Crippen molar-refractivity contribution < 1.29 is 4.74 Å². The van der Waals surface area contributed by atoms with Crippen molar-refractivity contribution in [2.24, 2.45) is 0 Å². The van der Waals surface area contributed by atoms with Crippen LogP contribution in [0.25, 0.3) is 11.2 Å². The molecule has 0 aromatic carbocycles. The van der Waals surface area contributed by atoms with Crippen LogP contribution in [0.4, 0.5) is 0 Å². The highest BCUT2D eigenvalue weighted by atomic mass is 35.5. The first-order valence-corrected chi connectivity index (χ1v) is 6.12. The van der Waals surface area contributed by atoms with Gasteiger partial charge in [-0.25, -0.2) is 15.0 Å². The van der Waals surface area contributed by atoms with Gasteiger partial charge in [-0.05, 0) is 26.2 Å². The smallest absolute Gasteiger partial charge is 0.167 e. The van der Waals surface area contributed by atoms with Crippen LogP contribution in [0, 0.1) is 6.92 Å². The lowest BCUT2D eigenvalue weighted by molar-refractivity contribution is -0.0298. The summed E-state index contributed by atoms with van der Waals surface area (Å²) in [4.78, 5) is 12.8. The summed E-state index contributed by atoms with van der Waals surface area (Å²) in [7, 11) is 0. The monoisotopic (exact) mass is 252 g/mol. The second-order valence-corrected chi connectivity index (χ2v) is 4.56. The molecule has 3 heterocycles. The molecule has 0 aliphatic carbocycles. The van der Waals surface area contributed by atoms with Gasteiger partial charge < -0.3 is 4.74 Å². The van der Waals surface area contributed by atoms with Crippen LogP contribution in [0.1, 0.15) is 31.3 Å². The van der Waals surface area contributed by atoms with E-state index in [4.69, 9.17) is 16.3 Å². The van der Waals surface area contributed by atoms with Gasteiger partial charge in [0.25, 0.3) is 0 Å². The number of ether oxygens (including phenoxy) is 1. The van der Waals surface area contributed by atoms with Gasteiger partial charge in [-0.1, -0.05) is 11.6 Å². The van der Waals surface area contributed by atoms with E-state index in [1.807, 2.05) is 11.5 Å². The van der Waals surface area contributed by atoms with Gasteiger partial charge >= 0.3 is 0 Å². The maximum atomic E-state index is 6.05. The molecule has 3 rings (SSSR count). The predicted molar refractivity (Wildman–Crippen MR) is 63.9 cm³/mol. The minimum absolute atomic E-state index is 0.0270. The molecule has 2 aromatic rings. The van der Waals surface area contributed by atoms with E-state index in [9.17, 15) is 0 Å². The van der Waals surface area contributed by atoms with Gasteiger partial charge in [-0.3, -0.25) is 4.57 Å². The maximum absolute atomic E-state index is 6.05. The van der Waals surface area contributed by atoms with E-state index in [-0.39, 0.29) is 6.23 Å². The van der Waals surface area contributed by atoms with Crippen molar-refractivity contribution in [3.05, 3.63) is 17.3 Å². The highest BCUT2D eigenvalue weighted by Gasteiger charge is 2.20. The molecule has 2 aromatic heterocycles. The van der Waals surface area contributed by atoms with Gasteiger partial charge in [0.05, 0.1) is 6.33 Å². The number of aryl methyl sites for hydroxylation is 1. The summed E-state index contributed by atoms with van der Waals surface area (Å²) < 4.78 is 7.68. The summed E-state index contributed by atoms with van der Waals surface area (Å²) in [5, 5.41) is 0.405. The van der Waals surface area contributed by atoms with Gasteiger partial charge in [0, 0.05) is 6.61 Å². The van der Waals surface area contributed by atoms with Crippen molar-refractivity contribution in [1.82, 2.24) is 19.5 Å². The molecule has 1 aliphatic heterocycles. The van der Waals surface area contributed by atoms with Gasteiger partial charge in [-0.2, -0.15) is 0 Å². The Labute approximate surface area is 104 Å². The topological polar surface area (TPSA) is 52.8 Å². The molecular weight excluding hydrogens is 240 g/mol. The van der Waals surface area contributed by atoms with Crippen LogP contribution < -0.4 is 0 Å². The standard InChI is InChI=1S/C11H13ClN4O/c1-7-14-10(12)9-11(15-7)16(6-13-9)8-4-2-3-5-17-8/h6,8H,2-5H2,1H3. The fourth-order valence-electron chi connectivity index (χ4n) is 2.14. The number of fused-ring (bicyclic) bond motifs is 1. The Balaban J connectivity index is 2.10. The second kappa shape index (κ2) is 4.23. The molecule has 90 valence electrons. The Morgan fingerprint density at radius 1 is 1.41 bits per heavy atom. The molecule has 5 nitrogen and oxygen atoms in total. The average Bonchev–Trinajstić information content (AvgIpc) is 2.74. The van der Waals surface area contributed by atoms with E-state index in [0.29, 0.717) is 16.5 Å². The number of aromatic nitrogens is 4. The first-order chi connectivity index (χ1) is 8.25. The molecule has 1 aliphatic rings. The number of hydrogen-bond donors (Lipinski definition) is 0. The number of imidazole rings is 1. The molecule has 17 heavy (non-hydrogen) atoms. The second-order valence-electron chi connectivity index (χ2n) is 4.21. The van der Waals surface area contributed by atoms with Crippen molar-refractivity contribution in [1.29, 1.82) is 0 Å². The summed E-state index contributed by atoms with van der Waals surface area (Å²) >= 11 is 6.05. The van der Waals surface area contributed by atoms with Crippen molar-refractivity contribution in [3.63, 3.8) is 0 Å². The van der Waals surface area contributed by atoms with Crippen LogP contribution >= 0.6 is 11.6 Å². The highest BCUT2D eigenvalue weighted by Crippen LogP contribution is 2.27. The molecule has 1 saturated heterocycles. The molecule has 0 amide bonds. The third kappa shape index (κ3) is 1.89. The summed E-state index contributed by atoms with van der Waals surface area (Å²) in [6.07, 6.45) is 5.05. The van der Waals surface area contributed by atoms with Crippen LogP contribution in [0.3, 0.4) is 0 Å². The molecule has 0 N–H and O–H groups in total. The molecule has 0 spiro atoms. The lowest BCUT2D eigenvalue weighted by Gasteiger charge is -2.23. The Bertz CT molecular complexity index is 548. The number of nitrogens with zero attached hydrogens (tertiary/aromatic N) is 4. The maximum Gasteiger partial charge on any atom is 0.167 e. The van der Waals surface area contributed by atoms with Crippen LogP contribution in [-0.2, 0) is 4.74 Å². The molecule has 1 fully saturated rings. The first kappa shape index (κ1) is 10.9. The minimum atomic E-state index is 0.0270. The average molecular weight is 253 g/mol. The normalized spacial score (nSPS) is 20.9. The number of halogens is 1. The third-order valence-electron chi connectivity index (χ3n) is 2.96. The van der Waals surface area contributed by atoms with Crippen molar-refractivity contribution >= 4 is 22.8 Å². The molecule has 0 radical (unpaired) electrons. The largest absolute Gasteiger partial charge is 0.358 e. The lowest BCUT2D eigenvalue weighted by atomic mass is 10.2. The minimum Gasteiger partial charge on any atom is -0.358 e. The Hall–Kier alpha value is -1.20. The van der Waals surface area contributed by atoms with Gasteiger partial charge in [-0.15, -0.1) is 0 Å². The summed E-state index contributed by atoms with van der Waals surface area (Å²) in [5.74, 6) is 0.653. The first-order valence-electron chi connectivity index (χ1n) is 5.74. The SMILES string of the molecule is Cc1nc(Cl)c2ncn(C3CCCCO3)c2n1. The fraction of sp³-hybridized carbons (Fsp3) is 0.545. The van der Waals surface area contributed by atoms with E-state index in [2.05, 4.69) is 15.0 Å². The summed E-state index contributed by atoms with van der Waals surface area (Å²) in [6, 6.07) is 0. The highest BCUT2D eigenvalue weighted by molar-refractivity contribution is 6.33. The summed E-state index contributed by atoms with van der Waals surface area (Å²) in [6.45, 7) is 2.62. The molecule has 1 unspecified atom stereocenters. The van der Waals surface area contributed by atoms with E-state index in [0.717, 1.165) is 25.1 Å². The molecule has 0 saturated carbocycles. The fourth-order valence-corrected chi connectivity index (χ4v) is 2.39. The van der Waals surface area contributed by atoms with E-state index in [1.54, 1.807) is 6.33 Å². The van der Waals surface area contributed by atoms with Gasteiger partial charge in [0.15, 0.2) is 10.8 Å². The molecular formula is C11H13ClN4O. The zero-order valence-corrected chi connectivity index (χ0v) is 10.3. The van der Waals surface area contributed by atoms with Gasteiger partial charge in [0.2, 0.25) is 0 Å². The molecule has 1 atom stereocenters. The van der Waals surface area contributed by atoms with Crippen molar-refractivity contribution in [2.75, 3.05) is 6.61 Å². The van der Waals surface area contributed by atoms with E-state index < -0.39 is 0 Å². The number of hydrogen-bond acceptors (Lipinski definition) is 4. The predicted octanol–water partition coefficient (Wildman–Crippen LogP) is 2.49. The van der Waals surface area contributed by atoms with Crippen LogP contribution in [0.5, 0.6) is 0 Å². The zero-order chi connectivity index (χ0) is 11.8. The Morgan fingerprint density at radius 3 is 3.06 bits per heavy atom. The zero-order valence-electron chi connectivity index (χ0n) is 9.56.